The first-order chi connectivity index (χ1) is 16.5. The molecule has 1 aliphatic heterocycles. The maximum Gasteiger partial charge on any atom is 0.417 e. The number of ether oxygens (including phenoxy) is 1. The lowest BCUT2D eigenvalue weighted by atomic mass is 9.75. The van der Waals surface area contributed by atoms with Crippen LogP contribution >= 0.6 is 19.4 Å². The molecule has 2 aromatic carbocycles. The fourth-order valence-corrected chi connectivity index (χ4v) is 5.66. The molecule has 1 fully saturated rings. The van der Waals surface area contributed by atoms with Gasteiger partial charge in [0, 0.05) is 16.9 Å². The van der Waals surface area contributed by atoms with Crippen molar-refractivity contribution >= 4 is 19.4 Å². The molecule has 3 N–H and O–H groups in total. The minimum Gasteiger partial charge on any atom is -0.379 e. The Morgan fingerprint density at radius 1 is 1.06 bits per heavy atom. The smallest absolute Gasteiger partial charge is 0.379 e. The Morgan fingerprint density at radius 2 is 1.77 bits per heavy atom. The molecule has 35 heavy (non-hydrogen) atoms. The first-order valence-electron chi connectivity index (χ1n) is 11.4. The van der Waals surface area contributed by atoms with E-state index in [1.54, 1.807) is 18.2 Å². The zero-order chi connectivity index (χ0) is 25.5. The predicted molar refractivity (Wildman–Crippen MR) is 128 cm³/mol. The fourth-order valence-electron chi connectivity index (χ4n) is 4.03. The van der Waals surface area contributed by atoms with Crippen molar-refractivity contribution in [1.82, 2.24) is 5.32 Å². The normalized spacial score (nSPS) is 15.7. The zero-order valence-electron chi connectivity index (χ0n) is 19.2. The summed E-state index contributed by atoms with van der Waals surface area (Å²) in [7, 11) is -4.07. The molecule has 0 amide bonds. The van der Waals surface area contributed by atoms with Gasteiger partial charge in [-0.2, -0.15) is 13.2 Å². The highest BCUT2D eigenvalue weighted by molar-refractivity contribution is 7.99. The number of nitrogens with one attached hydrogen (secondary N) is 1. The SMILES string of the molecule is O=P(O)(O)CCCNCc1ccc(SCCCCC2(c3ccc(F)cc3)COC2)c(C(F)(F)F)c1. The molecule has 5 nitrogen and oxygen atoms in total. The second-order valence-corrected chi connectivity index (χ2v) is 11.7. The summed E-state index contributed by atoms with van der Waals surface area (Å²) in [4.78, 5) is 17.9. The van der Waals surface area contributed by atoms with Crippen LogP contribution in [0.3, 0.4) is 0 Å². The van der Waals surface area contributed by atoms with E-state index in [-0.39, 0.29) is 35.3 Å². The quantitative estimate of drug-likeness (QED) is 0.132. The van der Waals surface area contributed by atoms with Crippen molar-refractivity contribution in [3.8, 4) is 0 Å². The van der Waals surface area contributed by atoms with Gasteiger partial charge >= 0.3 is 13.8 Å². The monoisotopic (exact) mass is 535 g/mol. The van der Waals surface area contributed by atoms with E-state index in [1.165, 1.54) is 30.0 Å². The molecular formula is C24H30F4NO4PS. The summed E-state index contributed by atoms with van der Waals surface area (Å²) in [5, 5.41) is 2.93. The molecule has 1 heterocycles. The van der Waals surface area contributed by atoms with Crippen LogP contribution in [0, 0.1) is 5.82 Å². The van der Waals surface area contributed by atoms with Crippen molar-refractivity contribution in [2.24, 2.45) is 0 Å². The van der Waals surface area contributed by atoms with E-state index in [9.17, 15) is 22.1 Å². The highest BCUT2D eigenvalue weighted by atomic mass is 32.2. The van der Waals surface area contributed by atoms with Crippen LogP contribution in [-0.2, 0) is 27.4 Å². The van der Waals surface area contributed by atoms with Gasteiger partial charge in [0.1, 0.15) is 5.82 Å². The summed E-state index contributed by atoms with van der Waals surface area (Å²) in [6, 6.07) is 10.7. The van der Waals surface area contributed by atoms with E-state index >= 15 is 0 Å². The van der Waals surface area contributed by atoms with Crippen LogP contribution in [0.1, 0.15) is 42.4 Å². The maximum atomic E-state index is 13.6. The molecule has 194 valence electrons. The molecule has 0 aliphatic carbocycles. The third kappa shape index (κ3) is 8.58. The summed E-state index contributed by atoms with van der Waals surface area (Å²) < 4.78 is 70.4. The standard InChI is InChI=1S/C24H30F4NO4PS/c25-20-7-5-19(6-8-20)23(16-33-17-23)10-1-2-13-35-22-9-4-18(14-21(22)24(26,27)28)15-29-11-3-12-34(30,31)32/h4-9,14,29H,1-3,10-13,15-17H2,(H2,30,31,32). The second kappa shape index (κ2) is 12.2. The molecule has 1 saturated heterocycles. The Balaban J connectivity index is 1.49. The lowest BCUT2D eigenvalue weighted by Crippen LogP contribution is -2.46. The average Bonchev–Trinajstić information content (AvgIpc) is 2.75. The van der Waals surface area contributed by atoms with Gasteiger partial charge in [-0.15, -0.1) is 11.8 Å². The first-order valence-corrected chi connectivity index (χ1v) is 14.2. The van der Waals surface area contributed by atoms with E-state index in [0.717, 1.165) is 30.9 Å². The minimum absolute atomic E-state index is 0.143. The van der Waals surface area contributed by atoms with Crippen LogP contribution in [-0.4, -0.2) is 41.5 Å². The van der Waals surface area contributed by atoms with Crippen molar-refractivity contribution in [2.45, 2.75) is 48.7 Å². The third-order valence-corrected chi connectivity index (χ3v) is 8.06. The molecule has 0 atom stereocenters. The first kappa shape index (κ1) is 28.2. The molecule has 1 aliphatic rings. The molecule has 0 saturated carbocycles. The molecule has 11 heteroatoms. The highest BCUT2D eigenvalue weighted by Gasteiger charge is 2.39. The van der Waals surface area contributed by atoms with Gasteiger partial charge in [-0.3, -0.25) is 4.57 Å². The molecular weight excluding hydrogens is 505 g/mol. The van der Waals surface area contributed by atoms with Crippen molar-refractivity contribution < 1.29 is 36.7 Å². The molecule has 2 aromatic rings. The van der Waals surface area contributed by atoms with E-state index in [2.05, 4.69) is 5.32 Å². The Bertz CT molecular complexity index is 1010. The van der Waals surface area contributed by atoms with E-state index in [4.69, 9.17) is 14.5 Å². The number of rotatable bonds is 13. The van der Waals surface area contributed by atoms with Gasteiger partial charge in [0.15, 0.2) is 0 Å². The Hall–Kier alpha value is -1.42. The van der Waals surface area contributed by atoms with Gasteiger partial charge in [-0.25, -0.2) is 4.39 Å². The topological polar surface area (TPSA) is 78.8 Å². The van der Waals surface area contributed by atoms with Gasteiger partial charge in [0.05, 0.1) is 24.9 Å². The zero-order valence-corrected chi connectivity index (χ0v) is 20.9. The number of hydrogen-bond donors (Lipinski definition) is 3. The predicted octanol–water partition coefficient (Wildman–Crippen LogP) is 5.73. The van der Waals surface area contributed by atoms with E-state index in [0.29, 0.717) is 31.1 Å². The van der Waals surface area contributed by atoms with Gasteiger partial charge in [0.2, 0.25) is 0 Å². The molecule has 0 spiro atoms. The van der Waals surface area contributed by atoms with Gasteiger partial charge in [0.25, 0.3) is 0 Å². The highest BCUT2D eigenvalue weighted by Crippen LogP contribution is 2.40. The lowest BCUT2D eigenvalue weighted by molar-refractivity contribution is -0.139. The van der Waals surface area contributed by atoms with Crippen LogP contribution in [0.2, 0.25) is 0 Å². The van der Waals surface area contributed by atoms with Gasteiger partial charge in [-0.1, -0.05) is 24.6 Å². The summed E-state index contributed by atoms with van der Waals surface area (Å²) in [6.07, 6.45) is -2.10. The average molecular weight is 536 g/mol. The van der Waals surface area contributed by atoms with Crippen molar-refractivity contribution in [3.63, 3.8) is 0 Å². The Labute approximate surface area is 206 Å². The summed E-state index contributed by atoms with van der Waals surface area (Å²) >= 11 is 1.18. The number of benzene rings is 2. The molecule has 0 aromatic heterocycles. The summed E-state index contributed by atoms with van der Waals surface area (Å²) in [5.74, 6) is 0.256. The fraction of sp³-hybridized carbons (Fsp3) is 0.500. The van der Waals surface area contributed by atoms with Gasteiger partial charge < -0.3 is 19.8 Å². The number of halogens is 4. The second-order valence-electron chi connectivity index (χ2n) is 8.83. The van der Waals surface area contributed by atoms with Crippen molar-refractivity contribution in [3.05, 3.63) is 65.0 Å². The number of unbranched alkanes of at least 4 members (excludes halogenated alkanes) is 1. The number of hydrogen-bond acceptors (Lipinski definition) is 4. The third-order valence-electron chi connectivity index (χ3n) is 6.00. The number of thioether (sulfide) groups is 1. The van der Waals surface area contributed by atoms with Crippen LogP contribution in [0.15, 0.2) is 47.4 Å². The van der Waals surface area contributed by atoms with Crippen LogP contribution in [0.25, 0.3) is 0 Å². The minimum atomic E-state index is -4.48. The molecule has 0 unspecified atom stereocenters. The Morgan fingerprint density at radius 3 is 2.37 bits per heavy atom. The molecule has 0 bridgehead atoms. The Kier molecular flexibility index (Phi) is 9.82. The molecule has 0 radical (unpaired) electrons. The molecule has 3 rings (SSSR count). The van der Waals surface area contributed by atoms with Crippen LogP contribution in [0.5, 0.6) is 0 Å². The van der Waals surface area contributed by atoms with Gasteiger partial charge in [-0.05, 0) is 67.0 Å². The largest absolute Gasteiger partial charge is 0.417 e. The number of alkyl halides is 3. The summed E-state index contributed by atoms with van der Waals surface area (Å²) in [6.45, 7) is 1.62. The maximum absolute atomic E-state index is 13.6. The van der Waals surface area contributed by atoms with E-state index in [1.807, 2.05) is 0 Å². The van der Waals surface area contributed by atoms with Crippen LogP contribution in [0.4, 0.5) is 17.6 Å². The van der Waals surface area contributed by atoms with Crippen LogP contribution < -0.4 is 5.32 Å². The van der Waals surface area contributed by atoms with Crippen molar-refractivity contribution in [2.75, 3.05) is 31.7 Å². The van der Waals surface area contributed by atoms with Crippen molar-refractivity contribution in [1.29, 1.82) is 0 Å². The van der Waals surface area contributed by atoms with E-state index < -0.39 is 19.3 Å². The lowest BCUT2D eigenvalue weighted by Gasteiger charge is -2.42. The summed E-state index contributed by atoms with van der Waals surface area (Å²) in [5.41, 5.74) is 0.675.